The number of allylic oxidation sites excluding steroid dienone is 1. The smallest absolute Gasteiger partial charge is 0.329 e. The molecular formula is C17H19NO4. The van der Waals surface area contributed by atoms with Crippen LogP contribution in [-0.4, -0.2) is 35.8 Å². The van der Waals surface area contributed by atoms with Crippen LogP contribution in [0.3, 0.4) is 0 Å². The van der Waals surface area contributed by atoms with Gasteiger partial charge in [0.15, 0.2) is 0 Å². The monoisotopic (exact) mass is 301 g/mol. The van der Waals surface area contributed by atoms with E-state index >= 15 is 0 Å². The van der Waals surface area contributed by atoms with Crippen LogP contribution in [0.1, 0.15) is 41.5 Å². The van der Waals surface area contributed by atoms with Crippen molar-refractivity contribution in [2.75, 3.05) is 7.11 Å². The summed E-state index contributed by atoms with van der Waals surface area (Å²) >= 11 is 0. The van der Waals surface area contributed by atoms with Crippen molar-refractivity contribution in [1.82, 2.24) is 4.90 Å². The third kappa shape index (κ3) is 2.66. The molecule has 22 heavy (non-hydrogen) atoms. The number of benzene rings is 1. The molecule has 2 rings (SSSR count). The largest absolute Gasteiger partial charge is 0.467 e. The summed E-state index contributed by atoms with van der Waals surface area (Å²) in [5.41, 5.74) is 1.65. The van der Waals surface area contributed by atoms with E-state index < -0.39 is 23.8 Å². The number of imide groups is 1. The fourth-order valence-corrected chi connectivity index (χ4v) is 2.75. The van der Waals surface area contributed by atoms with E-state index in [1.165, 1.54) is 7.11 Å². The van der Waals surface area contributed by atoms with E-state index in [2.05, 4.69) is 0 Å². The van der Waals surface area contributed by atoms with Crippen LogP contribution in [-0.2, 0) is 9.53 Å². The average Bonchev–Trinajstić information content (AvgIpc) is 2.72. The molecule has 0 radical (unpaired) electrons. The van der Waals surface area contributed by atoms with E-state index in [1.807, 2.05) is 19.9 Å². The molecule has 1 aromatic rings. The number of amides is 2. The number of carbonyl (C=O) groups excluding carboxylic acids is 3. The fraction of sp³-hybridized carbons (Fsp3) is 0.353. The second-order valence-corrected chi connectivity index (χ2v) is 5.60. The summed E-state index contributed by atoms with van der Waals surface area (Å²) in [7, 11) is 1.25. The first kappa shape index (κ1) is 15.9. The van der Waals surface area contributed by atoms with Gasteiger partial charge in [0.05, 0.1) is 18.2 Å². The molecule has 0 aliphatic carbocycles. The van der Waals surface area contributed by atoms with Crippen molar-refractivity contribution in [3.63, 3.8) is 0 Å². The SMILES string of the molecule is COC(=O)[C@H]([C@H](C)C=C(C)C)N1C(=O)c2ccccc2C1=O. The van der Waals surface area contributed by atoms with Crippen LogP contribution in [0.25, 0.3) is 0 Å². The van der Waals surface area contributed by atoms with Gasteiger partial charge in [-0.3, -0.25) is 14.5 Å². The van der Waals surface area contributed by atoms with Crippen molar-refractivity contribution < 1.29 is 19.1 Å². The van der Waals surface area contributed by atoms with Crippen molar-refractivity contribution in [3.8, 4) is 0 Å². The van der Waals surface area contributed by atoms with Crippen LogP contribution in [0.4, 0.5) is 0 Å². The number of esters is 1. The molecule has 116 valence electrons. The highest BCUT2D eigenvalue weighted by molar-refractivity contribution is 6.22. The summed E-state index contributed by atoms with van der Waals surface area (Å²) in [4.78, 5) is 38.3. The second-order valence-electron chi connectivity index (χ2n) is 5.60. The van der Waals surface area contributed by atoms with E-state index in [0.717, 1.165) is 10.5 Å². The molecule has 5 nitrogen and oxygen atoms in total. The Labute approximate surface area is 129 Å². The quantitative estimate of drug-likeness (QED) is 0.487. The summed E-state index contributed by atoms with van der Waals surface area (Å²) in [6, 6.07) is 5.61. The zero-order valence-electron chi connectivity index (χ0n) is 13.1. The fourth-order valence-electron chi connectivity index (χ4n) is 2.75. The van der Waals surface area contributed by atoms with Crippen LogP contribution in [0, 0.1) is 5.92 Å². The Bertz CT molecular complexity index is 623. The Kier molecular flexibility index (Phi) is 4.45. The summed E-state index contributed by atoms with van der Waals surface area (Å²) in [6.45, 7) is 5.58. The lowest BCUT2D eigenvalue weighted by atomic mass is 9.98. The summed E-state index contributed by atoms with van der Waals surface area (Å²) in [5.74, 6) is -1.84. The summed E-state index contributed by atoms with van der Waals surface area (Å²) < 4.78 is 4.81. The molecule has 0 bridgehead atoms. The Morgan fingerprint density at radius 1 is 1.14 bits per heavy atom. The lowest BCUT2D eigenvalue weighted by Crippen LogP contribution is -2.48. The lowest BCUT2D eigenvalue weighted by molar-refractivity contribution is -0.146. The van der Waals surface area contributed by atoms with Crippen LogP contribution >= 0.6 is 0 Å². The third-order valence-electron chi connectivity index (χ3n) is 3.64. The molecule has 1 heterocycles. The molecule has 0 saturated heterocycles. The molecule has 0 aromatic heterocycles. The van der Waals surface area contributed by atoms with Gasteiger partial charge in [0.2, 0.25) is 0 Å². The van der Waals surface area contributed by atoms with Crippen LogP contribution in [0.2, 0.25) is 0 Å². The number of carbonyl (C=O) groups is 3. The number of hydrogen-bond donors (Lipinski definition) is 0. The number of hydrogen-bond acceptors (Lipinski definition) is 4. The van der Waals surface area contributed by atoms with Gasteiger partial charge >= 0.3 is 5.97 Å². The van der Waals surface area contributed by atoms with Crippen LogP contribution in [0.15, 0.2) is 35.9 Å². The zero-order valence-corrected chi connectivity index (χ0v) is 13.1. The molecular weight excluding hydrogens is 282 g/mol. The van der Waals surface area contributed by atoms with E-state index in [1.54, 1.807) is 31.2 Å². The molecule has 2 amide bonds. The zero-order chi connectivity index (χ0) is 16.4. The topological polar surface area (TPSA) is 63.7 Å². The number of rotatable bonds is 4. The first-order valence-corrected chi connectivity index (χ1v) is 7.08. The van der Waals surface area contributed by atoms with Gasteiger partial charge in [-0.1, -0.05) is 30.7 Å². The standard InChI is InChI=1S/C17H19NO4/c1-10(2)9-11(3)14(17(21)22-4)18-15(19)12-7-5-6-8-13(12)16(18)20/h5-9,11,14H,1-4H3/t11-,14+/m1/s1. The van der Waals surface area contributed by atoms with Crippen molar-refractivity contribution in [3.05, 3.63) is 47.0 Å². The van der Waals surface area contributed by atoms with Gasteiger partial charge in [-0.05, 0) is 26.0 Å². The van der Waals surface area contributed by atoms with E-state index in [0.29, 0.717) is 11.1 Å². The normalized spacial score (nSPS) is 16.1. The van der Waals surface area contributed by atoms with Crippen LogP contribution in [0.5, 0.6) is 0 Å². The van der Waals surface area contributed by atoms with Gasteiger partial charge in [-0.25, -0.2) is 4.79 Å². The molecule has 1 aliphatic rings. The predicted octanol–water partition coefficient (Wildman–Crippen LogP) is 2.43. The Morgan fingerprint density at radius 3 is 2.05 bits per heavy atom. The highest BCUT2D eigenvalue weighted by atomic mass is 16.5. The summed E-state index contributed by atoms with van der Waals surface area (Å²) in [6.07, 6.45) is 1.85. The van der Waals surface area contributed by atoms with Crippen LogP contribution < -0.4 is 0 Å². The Balaban J connectivity index is 2.46. The molecule has 1 aromatic carbocycles. The molecule has 1 aliphatic heterocycles. The molecule has 5 heteroatoms. The number of methoxy groups -OCH3 is 1. The molecule has 0 fully saturated rings. The van der Waals surface area contributed by atoms with Crippen molar-refractivity contribution in [2.24, 2.45) is 5.92 Å². The van der Waals surface area contributed by atoms with Gasteiger partial charge < -0.3 is 4.74 Å². The van der Waals surface area contributed by atoms with Crippen molar-refractivity contribution >= 4 is 17.8 Å². The van der Waals surface area contributed by atoms with Crippen molar-refractivity contribution in [1.29, 1.82) is 0 Å². The first-order chi connectivity index (χ1) is 10.4. The van der Waals surface area contributed by atoms with Crippen molar-refractivity contribution in [2.45, 2.75) is 26.8 Å². The van der Waals surface area contributed by atoms with E-state index in [4.69, 9.17) is 4.74 Å². The van der Waals surface area contributed by atoms with Gasteiger partial charge in [-0.15, -0.1) is 0 Å². The number of fused-ring (bicyclic) bond motifs is 1. The van der Waals surface area contributed by atoms with Gasteiger partial charge in [0.25, 0.3) is 11.8 Å². The predicted molar refractivity (Wildman–Crippen MR) is 81.3 cm³/mol. The minimum atomic E-state index is -0.965. The van der Waals surface area contributed by atoms with Gasteiger partial charge in [0, 0.05) is 5.92 Å². The average molecular weight is 301 g/mol. The maximum atomic E-state index is 12.5. The molecule has 0 N–H and O–H groups in total. The van der Waals surface area contributed by atoms with Gasteiger partial charge in [0.1, 0.15) is 6.04 Å². The Morgan fingerprint density at radius 2 is 1.64 bits per heavy atom. The van der Waals surface area contributed by atoms with Gasteiger partial charge in [-0.2, -0.15) is 0 Å². The minimum Gasteiger partial charge on any atom is -0.467 e. The minimum absolute atomic E-state index is 0.325. The maximum Gasteiger partial charge on any atom is 0.329 e. The molecule has 0 spiro atoms. The first-order valence-electron chi connectivity index (χ1n) is 7.08. The molecule has 0 saturated carbocycles. The maximum absolute atomic E-state index is 12.5. The molecule has 0 unspecified atom stereocenters. The lowest BCUT2D eigenvalue weighted by Gasteiger charge is -2.27. The number of nitrogens with zero attached hydrogens (tertiary/aromatic N) is 1. The molecule has 2 atom stereocenters. The highest BCUT2D eigenvalue weighted by Gasteiger charge is 2.44. The Hall–Kier alpha value is -2.43. The summed E-state index contributed by atoms with van der Waals surface area (Å²) in [5, 5.41) is 0. The third-order valence-corrected chi connectivity index (χ3v) is 3.64. The van der Waals surface area contributed by atoms with E-state index in [-0.39, 0.29) is 5.92 Å². The second kappa shape index (κ2) is 6.13. The van der Waals surface area contributed by atoms with E-state index in [9.17, 15) is 14.4 Å². The number of ether oxygens (including phenoxy) is 1. The highest BCUT2D eigenvalue weighted by Crippen LogP contribution is 2.28.